The largest absolute Gasteiger partial charge is 0.309 e. The van der Waals surface area contributed by atoms with Gasteiger partial charge in [0, 0.05) is 26.8 Å². The zero-order valence-electron chi connectivity index (χ0n) is 10.6. The third-order valence-electron chi connectivity index (χ3n) is 3.35. The summed E-state index contributed by atoms with van der Waals surface area (Å²) < 4.78 is 2.29. The van der Waals surface area contributed by atoms with E-state index in [1.54, 1.807) is 0 Å². The quantitative estimate of drug-likeness (QED) is 0.760. The van der Waals surface area contributed by atoms with Crippen molar-refractivity contribution < 1.29 is 0 Å². The monoisotopic (exact) mass is 391 g/mol. The van der Waals surface area contributed by atoms with Crippen molar-refractivity contribution in [2.45, 2.75) is 37.5 Å². The van der Waals surface area contributed by atoms with Gasteiger partial charge in [-0.3, -0.25) is 0 Å². The molecule has 0 spiro atoms. The lowest BCUT2D eigenvalue weighted by Crippen LogP contribution is -2.29. The predicted molar refractivity (Wildman–Crippen MR) is 88.4 cm³/mol. The van der Waals surface area contributed by atoms with Crippen LogP contribution in [0, 0.1) is 0 Å². The van der Waals surface area contributed by atoms with Crippen molar-refractivity contribution in [2.24, 2.45) is 0 Å². The van der Waals surface area contributed by atoms with Gasteiger partial charge in [-0.15, -0.1) is 0 Å². The van der Waals surface area contributed by atoms with Gasteiger partial charge in [0.05, 0.1) is 0 Å². The van der Waals surface area contributed by atoms with E-state index in [1.165, 1.54) is 35.1 Å². The van der Waals surface area contributed by atoms with Gasteiger partial charge in [-0.25, -0.2) is 0 Å². The highest BCUT2D eigenvalue weighted by Crippen LogP contribution is 2.28. The summed E-state index contributed by atoms with van der Waals surface area (Å²) in [6.45, 7) is 3.36. The first-order valence-electron chi connectivity index (χ1n) is 6.47. The first kappa shape index (κ1) is 14.9. The Bertz CT molecular complexity index is 391. The highest BCUT2D eigenvalue weighted by Gasteiger charge is 2.16. The van der Waals surface area contributed by atoms with Crippen LogP contribution in [0.3, 0.4) is 0 Å². The van der Waals surface area contributed by atoms with Crippen molar-refractivity contribution in [1.29, 1.82) is 0 Å². The van der Waals surface area contributed by atoms with Crippen LogP contribution in [-0.2, 0) is 0 Å². The molecule has 1 aliphatic rings. The highest BCUT2D eigenvalue weighted by molar-refractivity contribution is 9.11. The molecule has 1 saturated heterocycles. The maximum absolute atomic E-state index is 3.66. The molecule has 1 N–H and O–H groups in total. The van der Waals surface area contributed by atoms with Crippen LogP contribution < -0.4 is 5.32 Å². The SMILES string of the molecule is CC(NCC1CCCCS1)c1ccc(Br)cc1Br. The van der Waals surface area contributed by atoms with E-state index in [0.717, 1.165) is 16.3 Å². The first-order valence-corrected chi connectivity index (χ1v) is 9.10. The molecule has 18 heavy (non-hydrogen) atoms. The summed E-state index contributed by atoms with van der Waals surface area (Å²) in [5, 5.41) is 4.46. The third-order valence-corrected chi connectivity index (χ3v) is 5.93. The fourth-order valence-corrected chi connectivity index (χ4v) is 4.88. The van der Waals surface area contributed by atoms with Crippen LogP contribution in [0.5, 0.6) is 0 Å². The van der Waals surface area contributed by atoms with Gasteiger partial charge in [-0.2, -0.15) is 11.8 Å². The van der Waals surface area contributed by atoms with Crippen LogP contribution in [0.1, 0.15) is 37.8 Å². The van der Waals surface area contributed by atoms with Crippen molar-refractivity contribution in [3.63, 3.8) is 0 Å². The van der Waals surface area contributed by atoms with Gasteiger partial charge in [-0.1, -0.05) is 44.3 Å². The minimum atomic E-state index is 0.398. The van der Waals surface area contributed by atoms with E-state index in [9.17, 15) is 0 Å². The summed E-state index contributed by atoms with van der Waals surface area (Å²) >= 11 is 9.26. The Balaban J connectivity index is 1.88. The Morgan fingerprint density at radius 3 is 2.89 bits per heavy atom. The number of benzene rings is 1. The van der Waals surface area contributed by atoms with E-state index in [-0.39, 0.29) is 0 Å². The van der Waals surface area contributed by atoms with Gasteiger partial charge in [0.2, 0.25) is 0 Å². The number of hydrogen-bond donors (Lipinski definition) is 1. The smallest absolute Gasteiger partial charge is 0.0303 e. The second-order valence-corrected chi connectivity index (χ2v) is 7.96. The molecule has 1 aromatic carbocycles. The second-order valence-electron chi connectivity index (χ2n) is 4.78. The lowest BCUT2D eigenvalue weighted by atomic mass is 10.1. The summed E-state index contributed by atoms with van der Waals surface area (Å²) in [4.78, 5) is 0. The van der Waals surface area contributed by atoms with E-state index in [1.807, 2.05) is 0 Å². The summed E-state index contributed by atoms with van der Waals surface area (Å²) in [6.07, 6.45) is 4.16. The number of halogens is 2. The average molecular weight is 393 g/mol. The second kappa shape index (κ2) is 7.32. The molecule has 1 heterocycles. The lowest BCUT2D eigenvalue weighted by molar-refractivity contribution is 0.537. The number of rotatable bonds is 4. The highest BCUT2D eigenvalue weighted by atomic mass is 79.9. The van der Waals surface area contributed by atoms with Crippen LogP contribution in [0.25, 0.3) is 0 Å². The minimum absolute atomic E-state index is 0.398. The van der Waals surface area contributed by atoms with Crippen molar-refractivity contribution in [3.05, 3.63) is 32.7 Å². The first-order chi connectivity index (χ1) is 8.66. The average Bonchev–Trinajstić information content (AvgIpc) is 2.37. The molecule has 0 radical (unpaired) electrons. The maximum Gasteiger partial charge on any atom is 0.0303 e. The number of hydrogen-bond acceptors (Lipinski definition) is 2. The van der Waals surface area contributed by atoms with Crippen molar-refractivity contribution >= 4 is 43.6 Å². The summed E-state index contributed by atoms with van der Waals surface area (Å²) in [5.74, 6) is 1.34. The fraction of sp³-hybridized carbons (Fsp3) is 0.571. The molecular formula is C14H19Br2NS. The molecular weight excluding hydrogens is 374 g/mol. The molecule has 0 aromatic heterocycles. The topological polar surface area (TPSA) is 12.0 Å². The van der Waals surface area contributed by atoms with Gasteiger partial charge < -0.3 is 5.32 Å². The molecule has 0 bridgehead atoms. The molecule has 2 atom stereocenters. The molecule has 1 fully saturated rings. The lowest BCUT2D eigenvalue weighted by Gasteiger charge is -2.24. The van der Waals surface area contributed by atoms with Crippen molar-refractivity contribution in [3.8, 4) is 0 Å². The minimum Gasteiger partial charge on any atom is -0.309 e. The summed E-state index contributed by atoms with van der Waals surface area (Å²) in [6, 6.07) is 6.80. The Morgan fingerprint density at radius 2 is 2.22 bits per heavy atom. The molecule has 1 aromatic rings. The Labute approximate surface area is 131 Å². The molecule has 0 amide bonds. The van der Waals surface area contributed by atoms with Crippen LogP contribution in [0.15, 0.2) is 27.1 Å². The maximum atomic E-state index is 3.66. The molecule has 1 aliphatic heterocycles. The fourth-order valence-electron chi connectivity index (χ4n) is 2.24. The number of nitrogens with one attached hydrogen (secondary N) is 1. The molecule has 2 unspecified atom stereocenters. The third kappa shape index (κ3) is 4.26. The van der Waals surface area contributed by atoms with Gasteiger partial charge in [-0.05, 0) is 43.2 Å². The molecule has 1 nitrogen and oxygen atoms in total. The van der Waals surface area contributed by atoms with E-state index < -0.39 is 0 Å². The van der Waals surface area contributed by atoms with Gasteiger partial charge in [0.1, 0.15) is 0 Å². The van der Waals surface area contributed by atoms with Crippen LogP contribution in [0.4, 0.5) is 0 Å². The summed E-state index contributed by atoms with van der Waals surface area (Å²) in [5.41, 5.74) is 1.33. The standard InChI is InChI=1S/C14H19Br2NS/c1-10(13-6-5-11(15)8-14(13)16)17-9-12-4-2-3-7-18-12/h5-6,8,10,12,17H,2-4,7,9H2,1H3. The molecule has 0 aliphatic carbocycles. The van der Waals surface area contributed by atoms with Gasteiger partial charge in [0.25, 0.3) is 0 Å². The zero-order valence-corrected chi connectivity index (χ0v) is 14.6. The van der Waals surface area contributed by atoms with Gasteiger partial charge >= 0.3 is 0 Å². The summed E-state index contributed by atoms with van der Waals surface area (Å²) in [7, 11) is 0. The van der Waals surface area contributed by atoms with Crippen LogP contribution >= 0.6 is 43.6 Å². The Hall–Kier alpha value is 0.490. The Morgan fingerprint density at radius 1 is 1.39 bits per heavy atom. The van der Waals surface area contributed by atoms with Crippen LogP contribution in [-0.4, -0.2) is 17.5 Å². The van der Waals surface area contributed by atoms with Crippen LogP contribution in [0.2, 0.25) is 0 Å². The predicted octanol–water partition coefficient (Wildman–Crippen LogP) is 5.15. The molecule has 0 saturated carbocycles. The molecule has 2 rings (SSSR count). The Kier molecular flexibility index (Phi) is 6.05. The zero-order chi connectivity index (χ0) is 13.0. The molecule has 100 valence electrons. The van der Waals surface area contributed by atoms with Crippen molar-refractivity contribution in [1.82, 2.24) is 5.32 Å². The molecule has 4 heteroatoms. The van der Waals surface area contributed by atoms with E-state index in [0.29, 0.717) is 6.04 Å². The van der Waals surface area contributed by atoms with E-state index in [2.05, 4.69) is 74.1 Å². The van der Waals surface area contributed by atoms with Gasteiger partial charge in [0.15, 0.2) is 0 Å². The normalized spacial score (nSPS) is 21.8. The van der Waals surface area contributed by atoms with Crippen molar-refractivity contribution in [2.75, 3.05) is 12.3 Å². The van der Waals surface area contributed by atoms with E-state index in [4.69, 9.17) is 0 Å². The number of thioether (sulfide) groups is 1. The van der Waals surface area contributed by atoms with E-state index >= 15 is 0 Å².